The second kappa shape index (κ2) is 8.75. The summed E-state index contributed by atoms with van der Waals surface area (Å²) in [6.45, 7) is 3.79. The second-order valence-corrected chi connectivity index (χ2v) is 9.43. The Morgan fingerprint density at radius 1 is 1.23 bits per heavy atom. The van der Waals surface area contributed by atoms with Crippen LogP contribution in [0.25, 0.3) is 22.2 Å². The van der Waals surface area contributed by atoms with E-state index in [9.17, 15) is 13.2 Å². The third-order valence-corrected chi connectivity index (χ3v) is 6.78. The quantitative estimate of drug-likeness (QED) is 0.523. The molecular formula is C24H25F4N7. The van der Waals surface area contributed by atoms with Gasteiger partial charge in [-0.2, -0.15) is 23.5 Å². The average molecular weight is 488 g/mol. The van der Waals surface area contributed by atoms with Crippen molar-refractivity contribution in [3.8, 4) is 17.3 Å². The van der Waals surface area contributed by atoms with Crippen molar-refractivity contribution >= 4 is 16.7 Å². The number of hydrogen-bond donors (Lipinski definition) is 2. The number of aryl methyl sites for hydroxylation is 2. The van der Waals surface area contributed by atoms with Crippen molar-refractivity contribution in [2.45, 2.75) is 51.2 Å². The van der Waals surface area contributed by atoms with Gasteiger partial charge in [-0.3, -0.25) is 4.68 Å². The van der Waals surface area contributed by atoms with Crippen LogP contribution >= 0.6 is 0 Å². The smallest absolute Gasteiger partial charge is 0.384 e. The molecule has 6 rings (SSSR count). The molecule has 3 aliphatic rings. The number of nitrogens with two attached hydrogens (primary N) is 1. The van der Waals surface area contributed by atoms with E-state index in [1.807, 2.05) is 6.07 Å². The highest BCUT2D eigenvalue weighted by Crippen LogP contribution is 2.43. The van der Waals surface area contributed by atoms with Gasteiger partial charge in [-0.15, -0.1) is 0 Å². The monoisotopic (exact) mass is 487 g/mol. The molecule has 2 aliphatic carbocycles. The first-order valence-electron chi connectivity index (χ1n) is 11.7. The van der Waals surface area contributed by atoms with Crippen molar-refractivity contribution < 1.29 is 17.6 Å². The Morgan fingerprint density at radius 2 is 1.94 bits per heavy atom. The van der Waals surface area contributed by atoms with E-state index in [2.05, 4.69) is 20.4 Å². The number of alkyl halides is 3. The minimum Gasteiger partial charge on any atom is -0.384 e. The molecule has 1 aliphatic heterocycles. The Labute approximate surface area is 199 Å². The number of rotatable bonds is 4. The molecule has 35 heavy (non-hydrogen) atoms. The van der Waals surface area contributed by atoms with Gasteiger partial charge in [0.1, 0.15) is 17.0 Å². The van der Waals surface area contributed by atoms with Crippen molar-refractivity contribution in [2.24, 2.45) is 11.8 Å². The molecule has 3 aromatic heterocycles. The summed E-state index contributed by atoms with van der Waals surface area (Å²) in [6.07, 6.45) is 0.0901. The number of anilines is 1. The summed E-state index contributed by atoms with van der Waals surface area (Å²) in [6, 6.07) is 2.97. The summed E-state index contributed by atoms with van der Waals surface area (Å²) in [5.41, 5.74) is 3.73. The Bertz CT molecular complexity index is 1310. The van der Waals surface area contributed by atoms with E-state index in [1.165, 1.54) is 37.3 Å². The standard InChI is InChI=1S/C19H16F4N6.C5H9N/c1-9-15(19(21,22)23)11(7-14(25)27-9)17-16(20)18-12(13(28-17)3-2-6-24)8-26-29(18)10-4-5-10;1-4-2-6-3-5(1)4/h7-8,10H,2-5H2,1H3,(H2,25,27);4-6H,1-3H2. The van der Waals surface area contributed by atoms with Crippen LogP contribution in [0.1, 0.15) is 48.7 Å². The molecule has 11 heteroatoms. The predicted octanol–water partition coefficient (Wildman–Crippen LogP) is 4.56. The van der Waals surface area contributed by atoms with E-state index in [1.54, 1.807) is 0 Å². The van der Waals surface area contributed by atoms with E-state index < -0.39 is 28.8 Å². The zero-order chi connectivity index (χ0) is 24.9. The number of nitrogens with zero attached hydrogens (tertiary/aromatic N) is 5. The fourth-order valence-corrected chi connectivity index (χ4v) is 4.79. The molecule has 2 saturated carbocycles. The zero-order valence-corrected chi connectivity index (χ0v) is 19.2. The number of piperidine rings is 1. The van der Waals surface area contributed by atoms with Gasteiger partial charge >= 0.3 is 6.18 Å². The molecule has 0 amide bonds. The number of fused-ring (bicyclic) bond motifs is 2. The number of nitrogen functional groups attached to an aromatic ring is 1. The van der Waals surface area contributed by atoms with E-state index in [4.69, 9.17) is 11.0 Å². The van der Waals surface area contributed by atoms with Crippen LogP contribution in [0.3, 0.4) is 0 Å². The first-order chi connectivity index (χ1) is 16.7. The first-order valence-corrected chi connectivity index (χ1v) is 11.7. The topological polar surface area (TPSA) is 105 Å². The first kappa shape index (κ1) is 23.5. The zero-order valence-electron chi connectivity index (χ0n) is 19.2. The SMILES string of the molecule is C1NCC2CC12.Cc1nc(N)cc(-c2nc(CCC#N)c3cnn(C4CC4)c3c2F)c1C(F)(F)F. The van der Waals surface area contributed by atoms with Gasteiger partial charge in [0.15, 0.2) is 5.82 Å². The lowest BCUT2D eigenvalue weighted by Crippen LogP contribution is -2.14. The Hall–Kier alpha value is -3.26. The average Bonchev–Trinajstić information content (AvgIpc) is 3.69. The summed E-state index contributed by atoms with van der Waals surface area (Å²) in [5, 5.41) is 16.9. The number of pyridine rings is 2. The summed E-state index contributed by atoms with van der Waals surface area (Å²) < 4.78 is 58.3. The number of hydrogen-bond acceptors (Lipinski definition) is 6. The molecule has 0 radical (unpaired) electrons. The van der Waals surface area contributed by atoms with E-state index in [0.717, 1.165) is 30.7 Å². The van der Waals surface area contributed by atoms with Gasteiger partial charge in [-0.1, -0.05) is 0 Å². The molecule has 1 saturated heterocycles. The van der Waals surface area contributed by atoms with Crippen LogP contribution in [-0.4, -0.2) is 32.8 Å². The molecule has 0 spiro atoms. The summed E-state index contributed by atoms with van der Waals surface area (Å²) >= 11 is 0. The lowest BCUT2D eigenvalue weighted by molar-refractivity contribution is -0.137. The van der Waals surface area contributed by atoms with Crippen LogP contribution in [0.5, 0.6) is 0 Å². The molecule has 3 fully saturated rings. The molecular weight excluding hydrogens is 462 g/mol. The lowest BCUT2D eigenvalue weighted by atomic mass is 10.00. The maximum atomic E-state index is 15.6. The van der Waals surface area contributed by atoms with Crippen LogP contribution in [0.15, 0.2) is 12.3 Å². The van der Waals surface area contributed by atoms with E-state index in [-0.39, 0.29) is 35.9 Å². The highest BCUT2D eigenvalue weighted by atomic mass is 19.4. The molecule has 3 N–H and O–H groups in total. The number of nitriles is 1. The summed E-state index contributed by atoms with van der Waals surface area (Å²) in [5.74, 6) is 1.15. The Kier molecular flexibility index (Phi) is 5.87. The van der Waals surface area contributed by atoms with Gasteiger partial charge < -0.3 is 11.1 Å². The van der Waals surface area contributed by atoms with Crippen LogP contribution in [0, 0.1) is 35.9 Å². The van der Waals surface area contributed by atoms with Crippen molar-refractivity contribution in [1.29, 1.82) is 5.26 Å². The number of aromatic nitrogens is 4. The third-order valence-electron chi connectivity index (χ3n) is 6.78. The van der Waals surface area contributed by atoms with Gasteiger partial charge in [0.05, 0.1) is 35.3 Å². The molecule has 7 nitrogen and oxygen atoms in total. The van der Waals surface area contributed by atoms with E-state index in [0.29, 0.717) is 11.1 Å². The fraction of sp³-hybridized carbons (Fsp3) is 0.500. The van der Waals surface area contributed by atoms with Crippen molar-refractivity contribution in [3.63, 3.8) is 0 Å². The molecule has 0 aromatic carbocycles. The van der Waals surface area contributed by atoms with Crippen LogP contribution < -0.4 is 11.1 Å². The molecule has 184 valence electrons. The van der Waals surface area contributed by atoms with Crippen LogP contribution in [-0.2, 0) is 12.6 Å². The van der Waals surface area contributed by atoms with Gasteiger partial charge in [-0.25, -0.2) is 14.4 Å². The largest absolute Gasteiger partial charge is 0.418 e. The maximum Gasteiger partial charge on any atom is 0.418 e. The van der Waals surface area contributed by atoms with E-state index >= 15 is 4.39 Å². The van der Waals surface area contributed by atoms with Gasteiger partial charge in [0.2, 0.25) is 0 Å². The fourth-order valence-electron chi connectivity index (χ4n) is 4.79. The molecule has 2 unspecified atom stereocenters. The van der Waals surface area contributed by atoms with Gasteiger partial charge in [-0.05, 0) is 57.2 Å². The molecule has 4 heterocycles. The summed E-state index contributed by atoms with van der Waals surface area (Å²) in [7, 11) is 0. The summed E-state index contributed by atoms with van der Waals surface area (Å²) in [4.78, 5) is 7.88. The number of halogens is 4. The second-order valence-electron chi connectivity index (χ2n) is 9.43. The minimum atomic E-state index is -4.77. The third kappa shape index (κ3) is 4.55. The van der Waals surface area contributed by atoms with Crippen LogP contribution in [0.2, 0.25) is 0 Å². The molecule has 0 bridgehead atoms. The molecule has 2 atom stereocenters. The predicted molar refractivity (Wildman–Crippen MR) is 122 cm³/mol. The van der Waals surface area contributed by atoms with Crippen molar-refractivity contribution in [2.75, 3.05) is 18.8 Å². The van der Waals surface area contributed by atoms with Crippen molar-refractivity contribution in [1.82, 2.24) is 25.1 Å². The van der Waals surface area contributed by atoms with Gasteiger partial charge in [0.25, 0.3) is 0 Å². The molecule has 3 aromatic rings. The number of nitrogens with one attached hydrogen (secondary N) is 1. The van der Waals surface area contributed by atoms with Crippen molar-refractivity contribution in [3.05, 3.63) is 35.0 Å². The van der Waals surface area contributed by atoms with Gasteiger partial charge in [0, 0.05) is 23.8 Å². The highest BCUT2D eigenvalue weighted by Gasteiger charge is 2.40. The highest BCUT2D eigenvalue weighted by molar-refractivity contribution is 5.87. The Morgan fingerprint density at radius 3 is 2.49 bits per heavy atom. The maximum absolute atomic E-state index is 15.6. The lowest BCUT2D eigenvalue weighted by Gasteiger charge is -2.17. The normalized spacial score (nSPS) is 20.8. The minimum absolute atomic E-state index is 0.00685. The Balaban J connectivity index is 0.000000362. The van der Waals surface area contributed by atoms with Crippen LogP contribution in [0.4, 0.5) is 23.4 Å².